The fourth-order valence-corrected chi connectivity index (χ4v) is 2.94. The summed E-state index contributed by atoms with van der Waals surface area (Å²) < 4.78 is 30.3. The summed E-state index contributed by atoms with van der Waals surface area (Å²) in [6.45, 7) is 1.40. The van der Waals surface area contributed by atoms with Crippen LogP contribution in [0.2, 0.25) is 0 Å². The maximum absolute atomic E-state index is 12.4. The fraction of sp³-hybridized carbons (Fsp3) is 0.200. The Morgan fingerprint density at radius 2 is 1.79 bits per heavy atom. The number of benzene rings is 1. The van der Waals surface area contributed by atoms with Crippen LogP contribution in [0.3, 0.4) is 0 Å². The van der Waals surface area contributed by atoms with Gasteiger partial charge in [0.15, 0.2) is 0 Å². The lowest BCUT2D eigenvalue weighted by Crippen LogP contribution is -2.46. The predicted molar refractivity (Wildman–Crippen MR) is 85.3 cm³/mol. The van der Waals surface area contributed by atoms with Crippen LogP contribution in [0.25, 0.3) is 0 Å². The number of amides is 2. The molecule has 0 unspecified atom stereocenters. The standard InChI is InChI=1S/C15H17N3O5S/c1-11-3-5-13(6-4-11)24(21,22)18(2)9-14(19)16-17-15(20)12-7-8-23-10-12/h3-8,10H,9H2,1-2H3,(H,16,19)(H,17,20). The van der Waals surface area contributed by atoms with Gasteiger partial charge in [-0.2, -0.15) is 4.31 Å². The van der Waals surface area contributed by atoms with Crippen LogP contribution in [0, 0.1) is 6.92 Å². The molecule has 0 aliphatic rings. The van der Waals surface area contributed by atoms with E-state index >= 15 is 0 Å². The van der Waals surface area contributed by atoms with E-state index in [-0.39, 0.29) is 10.5 Å². The van der Waals surface area contributed by atoms with Gasteiger partial charge in [0, 0.05) is 7.05 Å². The van der Waals surface area contributed by atoms with Gasteiger partial charge in [-0.1, -0.05) is 17.7 Å². The van der Waals surface area contributed by atoms with Crippen molar-refractivity contribution in [3.05, 3.63) is 54.0 Å². The van der Waals surface area contributed by atoms with Crippen LogP contribution in [0.1, 0.15) is 15.9 Å². The molecule has 2 aromatic rings. The number of hydrogen-bond donors (Lipinski definition) is 2. The third kappa shape index (κ3) is 4.21. The highest BCUT2D eigenvalue weighted by Gasteiger charge is 2.23. The van der Waals surface area contributed by atoms with E-state index in [2.05, 4.69) is 10.9 Å². The van der Waals surface area contributed by atoms with Gasteiger partial charge in [0.25, 0.3) is 11.8 Å². The van der Waals surface area contributed by atoms with Crippen molar-refractivity contribution in [3.8, 4) is 0 Å². The zero-order chi connectivity index (χ0) is 17.7. The number of rotatable bonds is 5. The normalized spacial score (nSPS) is 11.3. The van der Waals surface area contributed by atoms with Gasteiger partial charge in [0.2, 0.25) is 10.0 Å². The van der Waals surface area contributed by atoms with Crippen molar-refractivity contribution >= 4 is 21.8 Å². The summed E-state index contributed by atoms with van der Waals surface area (Å²) in [6.07, 6.45) is 2.54. The van der Waals surface area contributed by atoms with E-state index < -0.39 is 28.4 Å². The number of hydrazine groups is 1. The number of aryl methyl sites for hydroxylation is 1. The van der Waals surface area contributed by atoms with Crippen LogP contribution in [0.4, 0.5) is 0 Å². The fourth-order valence-electron chi connectivity index (χ4n) is 1.81. The molecule has 128 valence electrons. The summed E-state index contributed by atoms with van der Waals surface area (Å²) in [5, 5.41) is 0. The molecular weight excluding hydrogens is 334 g/mol. The predicted octanol–water partition coefficient (Wildman–Crippen LogP) is 0.670. The lowest BCUT2D eigenvalue weighted by molar-refractivity contribution is -0.121. The summed E-state index contributed by atoms with van der Waals surface area (Å²) in [5.41, 5.74) is 5.48. The van der Waals surface area contributed by atoms with E-state index in [4.69, 9.17) is 4.42 Å². The third-order valence-corrected chi connectivity index (χ3v) is 5.01. The average Bonchev–Trinajstić information content (AvgIpc) is 3.07. The number of nitrogens with zero attached hydrogens (tertiary/aromatic N) is 1. The van der Waals surface area contributed by atoms with E-state index in [0.717, 1.165) is 9.87 Å². The smallest absolute Gasteiger partial charge is 0.272 e. The molecule has 0 bridgehead atoms. The van der Waals surface area contributed by atoms with E-state index in [9.17, 15) is 18.0 Å². The molecule has 0 saturated carbocycles. The Morgan fingerprint density at radius 3 is 2.38 bits per heavy atom. The molecule has 2 amide bonds. The SMILES string of the molecule is Cc1ccc(S(=O)(=O)N(C)CC(=O)NNC(=O)c2ccoc2)cc1. The van der Waals surface area contributed by atoms with Crippen molar-refractivity contribution in [1.29, 1.82) is 0 Å². The molecular formula is C15H17N3O5S. The van der Waals surface area contributed by atoms with Crippen molar-refractivity contribution in [3.63, 3.8) is 0 Å². The van der Waals surface area contributed by atoms with Gasteiger partial charge in [-0.25, -0.2) is 8.42 Å². The molecule has 24 heavy (non-hydrogen) atoms. The second-order valence-corrected chi connectivity index (χ2v) is 7.13. The Balaban J connectivity index is 1.93. The Morgan fingerprint density at radius 1 is 1.12 bits per heavy atom. The van der Waals surface area contributed by atoms with Crippen LogP contribution < -0.4 is 10.9 Å². The van der Waals surface area contributed by atoms with E-state index in [1.54, 1.807) is 12.1 Å². The second-order valence-electron chi connectivity index (χ2n) is 5.09. The number of furan rings is 1. The summed E-state index contributed by atoms with van der Waals surface area (Å²) in [4.78, 5) is 23.5. The highest BCUT2D eigenvalue weighted by molar-refractivity contribution is 7.89. The van der Waals surface area contributed by atoms with Crippen molar-refractivity contribution in [2.45, 2.75) is 11.8 Å². The molecule has 0 radical (unpaired) electrons. The van der Waals surface area contributed by atoms with Crippen LogP contribution >= 0.6 is 0 Å². The molecule has 2 rings (SSSR count). The molecule has 0 saturated heterocycles. The van der Waals surface area contributed by atoms with Gasteiger partial charge in [-0.15, -0.1) is 0 Å². The van der Waals surface area contributed by atoms with Crippen LogP contribution in [-0.2, 0) is 14.8 Å². The maximum Gasteiger partial charge on any atom is 0.272 e. The van der Waals surface area contributed by atoms with Gasteiger partial charge in [-0.05, 0) is 25.1 Å². The topological polar surface area (TPSA) is 109 Å². The average molecular weight is 351 g/mol. The van der Waals surface area contributed by atoms with Gasteiger partial charge in [-0.3, -0.25) is 20.4 Å². The second kappa shape index (κ2) is 7.28. The molecule has 0 atom stereocenters. The van der Waals surface area contributed by atoms with Crippen LogP contribution in [0.5, 0.6) is 0 Å². The molecule has 0 aliphatic carbocycles. The van der Waals surface area contributed by atoms with Crippen molar-refractivity contribution in [2.75, 3.05) is 13.6 Å². The first kappa shape index (κ1) is 17.7. The summed E-state index contributed by atoms with van der Waals surface area (Å²) in [7, 11) is -2.50. The van der Waals surface area contributed by atoms with Gasteiger partial charge in [0.1, 0.15) is 6.26 Å². The Kier molecular flexibility index (Phi) is 5.37. The first-order valence-electron chi connectivity index (χ1n) is 6.95. The minimum atomic E-state index is -3.79. The highest BCUT2D eigenvalue weighted by atomic mass is 32.2. The molecule has 9 heteroatoms. The van der Waals surface area contributed by atoms with Gasteiger partial charge < -0.3 is 4.42 Å². The number of sulfonamides is 1. The molecule has 8 nitrogen and oxygen atoms in total. The maximum atomic E-state index is 12.4. The molecule has 1 aromatic carbocycles. The summed E-state index contributed by atoms with van der Waals surface area (Å²) >= 11 is 0. The Labute approximate surface area is 139 Å². The third-order valence-electron chi connectivity index (χ3n) is 3.19. The molecule has 0 aliphatic heterocycles. The van der Waals surface area contributed by atoms with Gasteiger partial charge in [0.05, 0.1) is 23.3 Å². The number of likely N-dealkylation sites (N-methyl/N-ethyl adjacent to an activating group) is 1. The van der Waals surface area contributed by atoms with Crippen molar-refractivity contribution < 1.29 is 22.4 Å². The van der Waals surface area contributed by atoms with Crippen LogP contribution in [0.15, 0.2) is 52.2 Å². The van der Waals surface area contributed by atoms with E-state index in [1.165, 1.54) is 37.8 Å². The Hall–Kier alpha value is -2.65. The lowest BCUT2D eigenvalue weighted by atomic mass is 10.2. The minimum Gasteiger partial charge on any atom is -0.472 e. The van der Waals surface area contributed by atoms with Crippen molar-refractivity contribution in [2.24, 2.45) is 0 Å². The zero-order valence-electron chi connectivity index (χ0n) is 13.1. The quantitative estimate of drug-likeness (QED) is 0.770. The summed E-state index contributed by atoms with van der Waals surface area (Å²) in [5.74, 6) is -1.24. The highest BCUT2D eigenvalue weighted by Crippen LogP contribution is 2.14. The molecule has 2 N–H and O–H groups in total. The van der Waals surface area contributed by atoms with Crippen LogP contribution in [-0.4, -0.2) is 38.1 Å². The molecule has 1 aromatic heterocycles. The number of carbonyl (C=O) groups excluding carboxylic acids is 2. The largest absolute Gasteiger partial charge is 0.472 e. The molecule has 0 fully saturated rings. The van der Waals surface area contributed by atoms with E-state index in [1.807, 2.05) is 6.92 Å². The molecule has 0 spiro atoms. The number of carbonyl (C=O) groups is 2. The number of nitrogens with one attached hydrogen (secondary N) is 2. The first-order valence-corrected chi connectivity index (χ1v) is 8.39. The lowest BCUT2D eigenvalue weighted by Gasteiger charge is -2.17. The van der Waals surface area contributed by atoms with Gasteiger partial charge >= 0.3 is 0 Å². The Bertz CT molecular complexity index is 813. The zero-order valence-corrected chi connectivity index (χ0v) is 14.0. The minimum absolute atomic E-state index is 0.0887. The monoisotopic (exact) mass is 351 g/mol. The van der Waals surface area contributed by atoms with E-state index in [0.29, 0.717) is 0 Å². The number of hydrogen-bond acceptors (Lipinski definition) is 5. The first-order chi connectivity index (χ1) is 11.3. The molecule has 1 heterocycles. The summed E-state index contributed by atoms with van der Waals surface area (Å²) in [6, 6.07) is 7.72. The van der Waals surface area contributed by atoms with Crippen molar-refractivity contribution in [1.82, 2.24) is 15.2 Å².